The fraction of sp³-hybridized carbons (Fsp3) is 0.933. The van der Waals surface area contributed by atoms with Gasteiger partial charge in [0.15, 0.2) is 0 Å². The van der Waals surface area contributed by atoms with Gasteiger partial charge in [-0.05, 0) is 49.7 Å². The van der Waals surface area contributed by atoms with Gasteiger partial charge in [0.25, 0.3) is 0 Å². The Morgan fingerprint density at radius 3 is 2.74 bits per heavy atom. The van der Waals surface area contributed by atoms with Crippen molar-refractivity contribution >= 4 is 18.6 Å². The predicted molar refractivity (Wildman–Crippen MR) is 78.2 cm³/mol. The van der Waals surface area contributed by atoms with Gasteiger partial charge in [0, 0.05) is 0 Å². The van der Waals surface area contributed by atoms with E-state index in [1.165, 1.54) is 12.8 Å². The van der Waals surface area contributed by atoms with Crippen LogP contribution >= 0.6 is 12.6 Å². The van der Waals surface area contributed by atoms with Crippen molar-refractivity contribution in [3.63, 3.8) is 0 Å². The van der Waals surface area contributed by atoms with Crippen LogP contribution in [0, 0.1) is 17.8 Å². The van der Waals surface area contributed by atoms with E-state index < -0.39 is 5.60 Å². The number of carbonyl (C=O) groups is 1. The van der Waals surface area contributed by atoms with E-state index in [4.69, 9.17) is 4.74 Å². The van der Waals surface area contributed by atoms with Crippen molar-refractivity contribution in [3.05, 3.63) is 0 Å². The zero-order valence-electron chi connectivity index (χ0n) is 12.0. The van der Waals surface area contributed by atoms with Gasteiger partial charge in [-0.3, -0.25) is 4.79 Å². The monoisotopic (exact) mass is 286 g/mol. The molecule has 3 rings (SSSR count). The molecule has 0 spiro atoms. The molecule has 3 fully saturated rings. The lowest BCUT2D eigenvalue weighted by molar-refractivity contribution is -0.145. The molecule has 0 radical (unpaired) electrons. The summed E-state index contributed by atoms with van der Waals surface area (Å²) in [7, 11) is 0. The smallest absolute Gasteiger partial charge is 0.312 e. The van der Waals surface area contributed by atoms with Crippen LogP contribution in [0.4, 0.5) is 0 Å². The van der Waals surface area contributed by atoms with E-state index in [0.717, 1.165) is 31.4 Å². The molecule has 5 atom stereocenters. The molecule has 0 aromatic carbocycles. The minimum atomic E-state index is -0.802. The van der Waals surface area contributed by atoms with Crippen molar-refractivity contribution in [2.75, 3.05) is 5.75 Å². The lowest BCUT2D eigenvalue weighted by Gasteiger charge is -2.39. The predicted octanol–water partition coefficient (Wildman–Crippen LogP) is 2.82. The van der Waals surface area contributed by atoms with E-state index in [1.807, 2.05) is 0 Å². The average Bonchev–Trinajstić information content (AvgIpc) is 2.80. The van der Waals surface area contributed by atoms with Gasteiger partial charge < -0.3 is 9.84 Å². The number of unbranched alkanes of at least 4 members (excludes halogenated alkanes) is 1. The molecular formula is C15H26O3S. The highest BCUT2D eigenvalue weighted by Gasteiger charge is 2.65. The summed E-state index contributed by atoms with van der Waals surface area (Å²) in [5.41, 5.74) is -0.802. The number of carbonyl (C=O) groups excluding carboxylic acids is 1. The van der Waals surface area contributed by atoms with Crippen LogP contribution in [0.5, 0.6) is 0 Å². The lowest BCUT2D eigenvalue weighted by Crippen LogP contribution is -2.49. The summed E-state index contributed by atoms with van der Waals surface area (Å²) in [6.07, 6.45) is 6.07. The van der Waals surface area contributed by atoms with E-state index in [9.17, 15) is 9.90 Å². The van der Waals surface area contributed by atoms with Crippen LogP contribution in [0.15, 0.2) is 0 Å². The van der Waals surface area contributed by atoms with Gasteiger partial charge in [-0.25, -0.2) is 0 Å². The highest BCUT2D eigenvalue weighted by atomic mass is 32.1. The third kappa shape index (κ3) is 2.66. The molecule has 1 aliphatic heterocycles. The Kier molecular flexibility index (Phi) is 4.83. The molecule has 0 aromatic rings. The van der Waals surface area contributed by atoms with Crippen LogP contribution in [0.1, 0.15) is 52.4 Å². The Morgan fingerprint density at radius 2 is 2.16 bits per heavy atom. The highest BCUT2D eigenvalue weighted by molar-refractivity contribution is 7.80. The molecule has 0 aromatic heterocycles. The van der Waals surface area contributed by atoms with Crippen molar-refractivity contribution in [2.24, 2.45) is 17.8 Å². The summed E-state index contributed by atoms with van der Waals surface area (Å²) >= 11 is 4.00. The largest absolute Gasteiger partial charge is 0.459 e. The fourth-order valence-corrected chi connectivity index (χ4v) is 4.20. The average molecular weight is 286 g/mol. The Morgan fingerprint density at radius 1 is 1.42 bits per heavy atom. The van der Waals surface area contributed by atoms with Crippen LogP contribution in [-0.2, 0) is 9.53 Å². The molecule has 2 saturated carbocycles. The molecule has 2 aliphatic carbocycles. The van der Waals surface area contributed by atoms with E-state index in [2.05, 4.69) is 26.5 Å². The molecule has 1 N–H and O–H groups in total. The number of esters is 1. The number of aliphatic hydroxyl groups is 1. The number of thiol groups is 1. The number of ether oxygens (including phenoxy) is 1. The van der Waals surface area contributed by atoms with Crippen molar-refractivity contribution in [1.82, 2.24) is 0 Å². The van der Waals surface area contributed by atoms with E-state index >= 15 is 0 Å². The first-order valence-electron chi connectivity index (χ1n) is 7.57. The Balaban J connectivity index is 0.000000232. The summed E-state index contributed by atoms with van der Waals surface area (Å²) < 4.78 is 5.26. The van der Waals surface area contributed by atoms with E-state index in [-0.39, 0.29) is 18.0 Å². The maximum atomic E-state index is 11.6. The quantitative estimate of drug-likeness (QED) is 0.606. The molecular weight excluding hydrogens is 260 g/mol. The minimum absolute atomic E-state index is 0.159. The maximum absolute atomic E-state index is 11.6. The lowest BCUT2D eigenvalue weighted by atomic mass is 9.67. The number of hydrogen-bond acceptors (Lipinski definition) is 4. The van der Waals surface area contributed by atoms with Crippen molar-refractivity contribution in [1.29, 1.82) is 0 Å². The maximum Gasteiger partial charge on any atom is 0.312 e. The molecule has 0 amide bonds. The summed E-state index contributed by atoms with van der Waals surface area (Å²) in [5.74, 6) is 1.50. The summed E-state index contributed by atoms with van der Waals surface area (Å²) in [5, 5.41) is 10.6. The number of hydrogen-bond donors (Lipinski definition) is 2. The zero-order valence-corrected chi connectivity index (χ0v) is 12.9. The summed E-state index contributed by atoms with van der Waals surface area (Å²) in [6.45, 7) is 4.33. The number of rotatable bonds is 2. The fourth-order valence-electron chi connectivity index (χ4n) is 3.89. The molecule has 0 bridgehead atoms. The summed E-state index contributed by atoms with van der Waals surface area (Å²) in [4.78, 5) is 11.6. The van der Waals surface area contributed by atoms with Crippen LogP contribution in [0.3, 0.4) is 0 Å². The van der Waals surface area contributed by atoms with Crippen molar-refractivity contribution in [3.8, 4) is 0 Å². The topological polar surface area (TPSA) is 46.5 Å². The molecule has 110 valence electrons. The second kappa shape index (κ2) is 6.04. The SMILES string of the molecule is CC1CC2CC[C@H]3OC(=O)C(C1)[C@@]23O.CCCCS. The van der Waals surface area contributed by atoms with Gasteiger partial charge in [0.2, 0.25) is 0 Å². The molecule has 3 unspecified atom stereocenters. The third-order valence-corrected chi connectivity index (χ3v) is 5.20. The van der Waals surface area contributed by atoms with E-state index in [0.29, 0.717) is 11.8 Å². The highest BCUT2D eigenvalue weighted by Crippen LogP contribution is 2.55. The second-order valence-electron chi connectivity index (χ2n) is 6.29. The van der Waals surface area contributed by atoms with Crippen LogP contribution in [0.25, 0.3) is 0 Å². The zero-order chi connectivity index (χ0) is 14.0. The Labute approximate surface area is 121 Å². The molecule has 19 heavy (non-hydrogen) atoms. The Bertz CT molecular complexity index is 331. The molecule has 1 heterocycles. The normalized spacial score (nSPS) is 43.3. The van der Waals surface area contributed by atoms with Gasteiger partial charge in [-0.15, -0.1) is 0 Å². The summed E-state index contributed by atoms with van der Waals surface area (Å²) in [6, 6.07) is 0. The van der Waals surface area contributed by atoms with Gasteiger partial charge in [-0.2, -0.15) is 12.6 Å². The first kappa shape index (κ1) is 15.2. The van der Waals surface area contributed by atoms with Gasteiger partial charge in [-0.1, -0.05) is 20.3 Å². The van der Waals surface area contributed by atoms with Crippen molar-refractivity contribution < 1.29 is 14.6 Å². The van der Waals surface area contributed by atoms with Gasteiger partial charge in [0.05, 0.1) is 5.92 Å². The van der Waals surface area contributed by atoms with Gasteiger partial charge in [0.1, 0.15) is 11.7 Å². The van der Waals surface area contributed by atoms with Crippen LogP contribution < -0.4 is 0 Å². The van der Waals surface area contributed by atoms with Crippen LogP contribution in [-0.4, -0.2) is 28.5 Å². The molecule has 4 heteroatoms. The molecule has 1 saturated heterocycles. The second-order valence-corrected chi connectivity index (χ2v) is 6.74. The third-order valence-electron chi connectivity index (χ3n) is 4.88. The molecule has 3 aliphatic rings. The molecule has 3 nitrogen and oxygen atoms in total. The first-order chi connectivity index (χ1) is 9.03. The van der Waals surface area contributed by atoms with Crippen LogP contribution in [0.2, 0.25) is 0 Å². The Hall–Kier alpha value is -0.220. The van der Waals surface area contributed by atoms with E-state index in [1.54, 1.807) is 0 Å². The first-order valence-corrected chi connectivity index (χ1v) is 8.20. The standard InChI is InChI=1S/C11H16O3.C4H10S/c1-6-4-7-2-3-9-11(7,13)8(5-6)10(12)14-9;1-2-3-4-5/h6-9,13H,2-5H2,1H3;5H,2-4H2,1H3/t6?,7?,8?,9-,11+;/m1./s1. The van der Waals surface area contributed by atoms with Crippen molar-refractivity contribution in [2.45, 2.75) is 64.1 Å². The van der Waals surface area contributed by atoms with Gasteiger partial charge >= 0.3 is 5.97 Å². The minimum Gasteiger partial charge on any atom is -0.459 e.